The molecule has 0 atom stereocenters. The van der Waals surface area contributed by atoms with Crippen molar-refractivity contribution in [1.29, 1.82) is 0 Å². The maximum atomic E-state index is 12.6. The topological polar surface area (TPSA) is 147 Å². The first-order chi connectivity index (χ1) is 12.8. The normalized spacial score (nSPS) is 15.7. The lowest BCUT2D eigenvalue weighted by molar-refractivity contribution is -0.123. The van der Waals surface area contributed by atoms with Crippen molar-refractivity contribution in [2.24, 2.45) is 5.84 Å². The van der Waals surface area contributed by atoms with Crippen molar-refractivity contribution in [3.8, 4) is 5.75 Å². The molecule has 0 unspecified atom stereocenters. The van der Waals surface area contributed by atoms with Gasteiger partial charge in [0.05, 0.1) is 22.8 Å². The number of nitrogens with two attached hydrogens (primary N) is 2. The summed E-state index contributed by atoms with van der Waals surface area (Å²) in [5, 5.41) is 8.46. The maximum Gasteiger partial charge on any atom is 0.293 e. The molecule has 140 valence electrons. The van der Waals surface area contributed by atoms with Gasteiger partial charge >= 0.3 is 0 Å². The number of hydrazine groups is 1. The fourth-order valence-corrected chi connectivity index (χ4v) is 3.49. The first kappa shape index (κ1) is 19.2. The van der Waals surface area contributed by atoms with Crippen LogP contribution in [0.4, 0.5) is 16.2 Å². The number of carbonyl (C=O) groups excluding carboxylic acids is 2. The summed E-state index contributed by atoms with van der Waals surface area (Å²) in [6.45, 7) is -0.237. The molecule has 2 aromatic rings. The first-order valence-electron chi connectivity index (χ1n) is 7.32. The van der Waals surface area contributed by atoms with Gasteiger partial charge in [0, 0.05) is 0 Å². The fraction of sp³-hybridized carbons (Fsp3) is 0.0667. The second-order valence-electron chi connectivity index (χ2n) is 5.33. The molecule has 1 saturated heterocycles. The van der Waals surface area contributed by atoms with Gasteiger partial charge in [0.1, 0.15) is 0 Å². The van der Waals surface area contributed by atoms with E-state index in [1.807, 2.05) is 0 Å². The minimum absolute atomic E-state index is 0.0217. The number of nitrogen functional groups attached to an aromatic ring is 2. The van der Waals surface area contributed by atoms with Crippen LogP contribution < -0.4 is 17.0 Å². The maximum absolute atomic E-state index is 12.6. The summed E-state index contributed by atoms with van der Waals surface area (Å²) >= 11 is 12.2. The third kappa shape index (κ3) is 3.93. The molecule has 0 spiro atoms. The van der Waals surface area contributed by atoms with E-state index in [1.54, 1.807) is 24.3 Å². The Hall–Kier alpha value is -2.53. The van der Waals surface area contributed by atoms with Crippen molar-refractivity contribution in [3.05, 3.63) is 44.8 Å². The Bertz CT molecular complexity index is 961. The molecule has 9 nitrogen and oxygen atoms in total. The van der Waals surface area contributed by atoms with Crippen LogP contribution in [0.15, 0.2) is 23.1 Å². The fourth-order valence-electron chi connectivity index (χ4n) is 2.23. The van der Waals surface area contributed by atoms with Gasteiger partial charge < -0.3 is 16.3 Å². The number of carbonyl (C=O) groups is 2. The quantitative estimate of drug-likeness (QED) is 0.190. The van der Waals surface area contributed by atoms with Crippen LogP contribution in [0.3, 0.4) is 0 Å². The lowest BCUT2D eigenvalue weighted by Gasteiger charge is -2.12. The lowest BCUT2D eigenvalue weighted by atomic mass is 10.1. The van der Waals surface area contributed by atoms with E-state index in [2.05, 4.69) is 15.4 Å². The second kappa shape index (κ2) is 7.61. The summed E-state index contributed by atoms with van der Waals surface area (Å²) in [5.41, 5.74) is 9.77. The molecule has 1 fully saturated rings. The summed E-state index contributed by atoms with van der Waals surface area (Å²) in [7, 11) is 0. The number of aromatic nitrogens is 2. The van der Waals surface area contributed by atoms with Crippen LogP contribution in [0.5, 0.6) is 5.75 Å². The minimum Gasteiger partial charge on any atom is -0.503 e. The molecule has 0 aliphatic carbocycles. The van der Waals surface area contributed by atoms with Gasteiger partial charge in [-0.25, -0.2) is 9.97 Å². The molecule has 0 saturated carbocycles. The molecule has 2 amide bonds. The number of amides is 2. The van der Waals surface area contributed by atoms with Gasteiger partial charge in [-0.05, 0) is 35.5 Å². The molecule has 2 heterocycles. The molecular weight excluding hydrogens is 415 g/mol. The van der Waals surface area contributed by atoms with Gasteiger partial charge in [-0.3, -0.25) is 20.3 Å². The zero-order valence-electron chi connectivity index (χ0n) is 13.4. The number of benzene rings is 1. The zero-order valence-corrected chi connectivity index (χ0v) is 15.8. The third-order valence-electron chi connectivity index (χ3n) is 3.55. The standard InChI is InChI=1S/C15H12Cl2N6O3S/c16-12-11(24)13(17)21-10(20-12)5-23-14(25)9(27-15(23)26)4-6-1-2-7(18)8(3-6)22-19/h1-4,22,24H,5,18-19H2/b9-4-. The Morgan fingerprint density at radius 3 is 2.56 bits per heavy atom. The van der Waals surface area contributed by atoms with E-state index in [1.165, 1.54) is 0 Å². The Morgan fingerprint density at radius 2 is 1.93 bits per heavy atom. The van der Waals surface area contributed by atoms with Gasteiger partial charge in [0.25, 0.3) is 11.1 Å². The molecule has 3 rings (SSSR count). The molecule has 1 aliphatic rings. The molecule has 1 aromatic heterocycles. The number of anilines is 2. The summed E-state index contributed by atoms with van der Waals surface area (Å²) in [6.07, 6.45) is 1.54. The molecular formula is C15H12Cl2N6O3S. The van der Waals surface area contributed by atoms with Crippen LogP contribution in [0.25, 0.3) is 6.08 Å². The number of rotatable bonds is 4. The highest BCUT2D eigenvalue weighted by molar-refractivity contribution is 8.18. The van der Waals surface area contributed by atoms with E-state index >= 15 is 0 Å². The SMILES string of the molecule is NNc1cc(/C=C2\SC(=O)N(Cc3nc(Cl)c(O)c(Cl)n3)C2=O)ccc1N. The Morgan fingerprint density at radius 1 is 1.26 bits per heavy atom. The summed E-state index contributed by atoms with van der Waals surface area (Å²) in [5.74, 6) is 4.41. The Kier molecular flexibility index (Phi) is 5.42. The number of aromatic hydroxyl groups is 1. The highest BCUT2D eigenvalue weighted by Gasteiger charge is 2.35. The monoisotopic (exact) mass is 426 g/mol. The Balaban J connectivity index is 1.85. The summed E-state index contributed by atoms with van der Waals surface area (Å²) < 4.78 is 0. The van der Waals surface area contributed by atoms with Crippen molar-refractivity contribution in [1.82, 2.24) is 14.9 Å². The van der Waals surface area contributed by atoms with Crippen LogP contribution >= 0.6 is 35.0 Å². The number of halogens is 2. The van der Waals surface area contributed by atoms with Gasteiger partial charge in [-0.15, -0.1) is 0 Å². The van der Waals surface area contributed by atoms with Crippen molar-refractivity contribution in [2.45, 2.75) is 6.54 Å². The molecule has 1 aromatic carbocycles. The number of hydrogen-bond donors (Lipinski definition) is 4. The van der Waals surface area contributed by atoms with E-state index in [0.29, 0.717) is 16.9 Å². The largest absolute Gasteiger partial charge is 0.503 e. The predicted molar refractivity (Wildman–Crippen MR) is 104 cm³/mol. The molecule has 6 N–H and O–H groups in total. The van der Waals surface area contributed by atoms with E-state index in [0.717, 1.165) is 16.7 Å². The van der Waals surface area contributed by atoms with Crippen LogP contribution in [-0.2, 0) is 11.3 Å². The highest BCUT2D eigenvalue weighted by Crippen LogP contribution is 2.34. The number of thioether (sulfide) groups is 1. The number of nitrogens with one attached hydrogen (secondary N) is 1. The minimum atomic E-state index is -0.520. The van der Waals surface area contributed by atoms with Crippen molar-refractivity contribution < 1.29 is 14.7 Å². The zero-order chi connectivity index (χ0) is 19.7. The van der Waals surface area contributed by atoms with Crippen molar-refractivity contribution in [3.63, 3.8) is 0 Å². The number of nitrogens with zero attached hydrogens (tertiary/aromatic N) is 3. The van der Waals surface area contributed by atoms with Gasteiger partial charge in [-0.1, -0.05) is 29.3 Å². The van der Waals surface area contributed by atoms with Gasteiger partial charge in [-0.2, -0.15) is 0 Å². The van der Waals surface area contributed by atoms with E-state index in [9.17, 15) is 14.7 Å². The van der Waals surface area contributed by atoms with Gasteiger partial charge in [0.2, 0.25) is 0 Å². The number of hydrogen-bond acceptors (Lipinski definition) is 9. The first-order valence-corrected chi connectivity index (χ1v) is 8.89. The molecule has 27 heavy (non-hydrogen) atoms. The highest BCUT2D eigenvalue weighted by atomic mass is 35.5. The van der Waals surface area contributed by atoms with E-state index in [-0.39, 0.29) is 27.6 Å². The average Bonchev–Trinajstić information content (AvgIpc) is 2.88. The van der Waals surface area contributed by atoms with E-state index < -0.39 is 16.9 Å². The number of imide groups is 1. The molecule has 1 aliphatic heterocycles. The predicted octanol–water partition coefficient (Wildman–Crippen LogP) is 2.59. The van der Waals surface area contributed by atoms with Crippen molar-refractivity contribution in [2.75, 3.05) is 11.2 Å². The van der Waals surface area contributed by atoms with Crippen LogP contribution in [0, 0.1) is 0 Å². The average molecular weight is 427 g/mol. The lowest BCUT2D eigenvalue weighted by Crippen LogP contribution is -2.28. The van der Waals surface area contributed by atoms with Gasteiger partial charge in [0.15, 0.2) is 21.9 Å². The smallest absolute Gasteiger partial charge is 0.293 e. The van der Waals surface area contributed by atoms with Crippen LogP contribution in [0.2, 0.25) is 10.3 Å². The Labute approximate surface area is 167 Å². The van der Waals surface area contributed by atoms with Crippen LogP contribution in [-0.4, -0.2) is 31.1 Å². The summed E-state index contributed by atoms with van der Waals surface area (Å²) in [4.78, 5) is 33.6. The molecule has 0 radical (unpaired) electrons. The molecule has 12 heteroatoms. The van der Waals surface area contributed by atoms with E-state index in [4.69, 9.17) is 34.8 Å². The van der Waals surface area contributed by atoms with Crippen molar-refractivity contribution >= 4 is 63.6 Å². The van der Waals surface area contributed by atoms with Crippen LogP contribution in [0.1, 0.15) is 11.4 Å². The summed E-state index contributed by atoms with van der Waals surface area (Å²) in [6, 6.07) is 4.96. The third-order valence-corrected chi connectivity index (χ3v) is 4.98. The second-order valence-corrected chi connectivity index (χ2v) is 7.04. The molecule has 0 bridgehead atoms.